The highest BCUT2D eigenvalue weighted by molar-refractivity contribution is 5.88. The van der Waals surface area contributed by atoms with Crippen LogP contribution in [0.15, 0.2) is 18.3 Å². The summed E-state index contributed by atoms with van der Waals surface area (Å²) in [5, 5.41) is 5.81. The van der Waals surface area contributed by atoms with Crippen LogP contribution in [0.2, 0.25) is 0 Å². The topological polar surface area (TPSA) is 80.3 Å². The zero-order valence-corrected chi connectivity index (χ0v) is 12.1. The zero-order valence-electron chi connectivity index (χ0n) is 12.1. The summed E-state index contributed by atoms with van der Waals surface area (Å²) in [7, 11) is 1.33. The predicted octanol–water partition coefficient (Wildman–Crippen LogP) is 0.730. The second-order valence-corrected chi connectivity index (χ2v) is 4.83. The molecule has 1 aromatic rings. The van der Waals surface area contributed by atoms with Gasteiger partial charge in [0.05, 0.1) is 24.9 Å². The molecule has 20 heavy (non-hydrogen) atoms. The molecule has 0 atom stereocenters. The second-order valence-electron chi connectivity index (χ2n) is 4.83. The molecule has 0 aromatic carbocycles. The van der Waals surface area contributed by atoms with Crippen molar-refractivity contribution in [2.75, 3.05) is 20.2 Å². The second kappa shape index (κ2) is 8.27. The molecule has 0 spiro atoms. The van der Waals surface area contributed by atoms with Crippen LogP contribution in [0.5, 0.6) is 0 Å². The molecular weight excluding hydrogens is 258 g/mol. The number of carbonyl (C=O) groups is 2. The molecule has 0 radical (unpaired) electrons. The Morgan fingerprint density at radius 2 is 2.10 bits per heavy atom. The van der Waals surface area contributed by atoms with E-state index in [0.29, 0.717) is 24.6 Å². The molecule has 0 bridgehead atoms. The van der Waals surface area contributed by atoms with E-state index >= 15 is 0 Å². The summed E-state index contributed by atoms with van der Waals surface area (Å²) in [6.07, 6.45) is 1.46. The molecule has 1 heterocycles. The van der Waals surface area contributed by atoms with Crippen molar-refractivity contribution < 1.29 is 14.3 Å². The number of aromatic nitrogens is 1. The van der Waals surface area contributed by atoms with Gasteiger partial charge in [-0.25, -0.2) is 4.79 Å². The summed E-state index contributed by atoms with van der Waals surface area (Å²) in [4.78, 5) is 26.8. The molecule has 1 aromatic heterocycles. The summed E-state index contributed by atoms with van der Waals surface area (Å²) < 4.78 is 4.59. The van der Waals surface area contributed by atoms with Crippen molar-refractivity contribution in [3.63, 3.8) is 0 Å². The van der Waals surface area contributed by atoms with Crippen LogP contribution >= 0.6 is 0 Å². The number of ether oxygens (including phenoxy) is 1. The summed E-state index contributed by atoms with van der Waals surface area (Å²) >= 11 is 0. The summed E-state index contributed by atoms with van der Waals surface area (Å²) in [5.41, 5.74) is 1.17. The number of nitrogens with zero attached hydrogens (tertiary/aromatic N) is 1. The first-order chi connectivity index (χ1) is 9.52. The van der Waals surface area contributed by atoms with Gasteiger partial charge in [-0.1, -0.05) is 13.8 Å². The maximum atomic E-state index is 11.5. The number of rotatable bonds is 7. The third-order valence-electron chi connectivity index (χ3n) is 2.54. The molecule has 0 aliphatic rings. The average Bonchev–Trinajstić information content (AvgIpc) is 2.45. The lowest BCUT2D eigenvalue weighted by Crippen LogP contribution is -2.35. The Hall–Kier alpha value is -1.95. The van der Waals surface area contributed by atoms with Crippen LogP contribution in [0.4, 0.5) is 0 Å². The quantitative estimate of drug-likeness (QED) is 0.719. The van der Waals surface area contributed by atoms with E-state index in [4.69, 9.17) is 0 Å². The lowest BCUT2D eigenvalue weighted by atomic mass is 10.2. The minimum atomic E-state index is -0.412. The first kappa shape index (κ1) is 16.1. The van der Waals surface area contributed by atoms with Gasteiger partial charge >= 0.3 is 5.97 Å². The molecule has 0 saturated carbocycles. The van der Waals surface area contributed by atoms with Crippen molar-refractivity contribution in [2.24, 2.45) is 5.92 Å². The maximum absolute atomic E-state index is 11.5. The Labute approximate surface area is 118 Å². The van der Waals surface area contributed by atoms with Crippen molar-refractivity contribution >= 4 is 11.9 Å². The number of esters is 1. The summed E-state index contributed by atoms with van der Waals surface area (Å²) in [6, 6.07) is 3.37. The van der Waals surface area contributed by atoms with Crippen molar-refractivity contribution in [3.8, 4) is 0 Å². The molecule has 0 aliphatic carbocycles. The number of hydrogen-bond donors (Lipinski definition) is 2. The van der Waals surface area contributed by atoms with E-state index in [1.165, 1.54) is 13.3 Å². The Kier molecular flexibility index (Phi) is 6.66. The predicted molar refractivity (Wildman–Crippen MR) is 75.1 cm³/mol. The number of amides is 1. The Morgan fingerprint density at radius 1 is 1.35 bits per heavy atom. The van der Waals surface area contributed by atoms with Gasteiger partial charge in [0.25, 0.3) is 0 Å². The highest BCUT2D eigenvalue weighted by atomic mass is 16.5. The third kappa shape index (κ3) is 5.79. The van der Waals surface area contributed by atoms with E-state index in [-0.39, 0.29) is 12.5 Å². The molecule has 110 valence electrons. The van der Waals surface area contributed by atoms with Gasteiger partial charge in [-0.3, -0.25) is 9.78 Å². The minimum absolute atomic E-state index is 0.0371. The highest BCUT2D eigenvalue weighted by Gasteiger charge is 2.06. The van der Waals surface area contributed by atoms with Crippen molar-refractivity contribution in [3.05, 3.63) is 29.6 Å². The lowest BCUT2D eigenvalue weighted by Gasteiger charge is -2.08. The number of pyridine rings is 1. The van der Waals surface area contributed by atoms with Gasteiger partial charge in [0.15, 0.2) is 0 Å². The standard InChI is InChI=1S/C14H21N3O3/c1-10(2)6-17-13(18)9-15-8-12-5-4-11(7-16-12)14(19)20-3/h4-5,7,10,15H,6,8-9H2,1-3H3,(H,17,18). The fourth-order valence-electron chi connectivity index (χ4n) is 1.45. The molecule has 6 heteroatoms. The Morgan fingerprint density at radius 3 is 2.65 bits per heavy atom. The van der Waals surface area contributed by atoms with Gasteiger partial charge in [0, 0.05) is 19.3 Å². The van der Waals surface area contributed by atoms with Crippen LogP contribution in [0, 0.1) is 5.92 Å². The van der Waals surface area contributed by atoms with E-state index in [1.807, 2.05) is 13.8 Å². The van der Waals surface area contributed by atoms with Crippen molar-refractivity contribution in [2.45, 2.75) is 20.4 Å². The SMILES string of the molecule is COC(=O)c1ccc(CNCC(=O)NCC(C)C)nc1. The van der Waals surface area contributed by atoms with Gasteiger partial charge in [-0.2, -0.15) is 0 Å². The van der Waals surface area contributed by atoms with Crippen LogP contribution in [-0.2, 0) is 16.1 Å². The molecule has 1 amide bonds. The van der Waals surface area contributed by atoms with Crippen LogP contribution in [-0.4, -0.2) is 37.1 Å². The van der Waals surface area contributed by atoms with Crippen LogP contribution < -0.4 is 10.6 Å². The normalized spacial score (nSPS) is 10.4. The number of hydrogen-bond acceptors (Lipinski definition) is 5. The van der Waals surface area contributed by atoms with E-state index in [9.17, 15) is 9.59 Å². The fraction of sp³-hybridized carbons (Fsp3) is 0.500. The zero-order chi connectivity index (χ0) is 15.0. The molecule has 0 fully saturated rings. The van der Waals surface area contributed by atoms with Crippen LogP contribution in [0.3, 0.4) is 0 Å². The van der Waals surface area contributed by atoms with Gasteiger partial charge in [-0.15, -0.1) is 0 Å². The first-order valence-corrected chi connectivity index (χ1v) is 6.53. The molecule has 1 rings (SSSR count). The largest absolute Gasteiger partial charge is 0.465 e. The lowest BCUT2D eigenvalue weighted by molar-refractivity contribution is -0.120. The van der Waals surface area contributed by atoms with Crippen molar-refractivity contribution in [1.82, 2.24) is 15.6 Å². The smallest absolute Gasteiger partial charge is 0.339 e. The summed E-state index contributed by atoms with van der Waals surface area (Å²) in [6.45, 7) is 5.47. The molecule has 0 unspecified atom stereocenters. The maximum Gasteiger partial charge on any atom is 0.339 e. The van der Waals surface area contributed by atoms with Crippen LogP contribution in [0.1, 0.15) is 29.9 Å². The minimum Gasteiger partial charge on any atom is -0.465 e. The first-order valence-electron chi connectivity index (χ1n) is 6.53. The molecule has 2 N–H and O–H groups in total. The number of carbonyl (C=O) groups excluding carboxylic acids is 2. The van der Waals surface area contributed by atoms with E-state index < -0.39 is 5.97 Å². The molecule has 0 aliphatic heterocycles. The third-order valence-corrected chi connectivity index (χ3v) is 2.54. The molecule has 0 saturated heterocycles. The summed E-state index contributed by atoms with van der Waals surface area (Å²) in [5.74, 6) is -0.0126. The van der Waals surface area contributed by atoms with E-state index in [1.54, 1.807) is 12.1 Å². The van der Waals surface area contributed by atoms with Gasteiger partial charge in [-0.05, 0) is 18.1 Å². The number of nitrogens with one attached hydrogen (secondary N) is 2. The number of methoxy groups -OCH3 is 1. The Balaban J connectivity index is 2.32. The van der Waals surface area contributed by atoms with E-state index in [2.05, 4.69) is 20.4 Å². The van der Waals surface area contributed by atoms with Crippen molar-refractivity contribution in [1.29, 1.82) is 0 Å². The fourth-order valence-corrected chi connectivity index (χ4v) is 1.45. The van der Waals surface area contributed by atoms with Gasteiger partial charge in [0.2, 0.25) is 5.91 Å². The van der Waals surface area contributed by atoms with Gasteiger partial charge < -0.3 is 15.4 Å². The molecule has 6 nitrogen and oxygen atoms in total. The van der Waals surface area contributed by atoms with Gasteiger partial charge in [0.1, 0.15) is 0 Å². The Bertz CT molecular complexity index is 443. The monoisotopic (exact) mass is 279 g/mol. The molecular formula is C14H21N3O3. The highest BCUT2D eigenvalue weighted by Crippen LogP contribution is 2.01. The van der Waals surface area contributed by atoms with E-state index in [0.717, 1.165) is 5.69 Å². The average molecular weight is 279 g/mol. The van der Waals surface area contributed by atoms with Crippen LogP contribution in [0.25, 0.3) is 0 Å².